The van der Waals surface area contributed by atoms with Gasteiger partial charge in [-0.05, 0) is 81.4 Å². The van der Waals surface area contributed by atoms with Gasteiger partial charge in [-0.3, -0.25) is 4.79 Å². The van der Waals surface area contributed by atoms with Crippen LogP contribution in [0.5, 0.6) is 0 Å². The number of nitrogens with one attached hydrogen (secondary N) is 2. The van der Waals surface area contributed by atoms with Crippen LogP contribution in [0.1, 0.15) is 42.1 Å². The Kier molecular flexibility index (Phi) is 7.97. The van der Waals surface area contributed by atoms with E-state index >= 15 is 0 Å². The monoisotopic (exact) mass is 411 g/mol. The Morgan fingerprint density at radius 3 is 2.73 bits per heavy atom. The van der Waals surface area contributed by atoms with Crippen molar-refractivity contribution in [1.82, 2.24) is 10.2 Å². The van der Waals surface area contributed by atoms with Gasteiger partial charge in [0.25, 0.3) is 0 Å². The third-order valence-corrected chi connectivity index (χ3v) is 5.50. The number of amides is 2. The van der Waals surface area contributed by atoms with Crippen LogP contribution in [-0.2, 0) is 6.42 Å². The third kappa shape index (κ3) is 6.95. The van der Waals surface area contributed by atoms with Gasteiger partial charge in [0.1, 0.15) is 5.82 Å². The fourth-order valence-electron chi connectivity index (χ4n) is 3.97. The quantitative estimate of drug-likeness (QED) is 0.497. The normalized spacial score (nSPS) is 16.8. The molecular weight excluding hydrogens is 381 g/mol. The van der Waals surface area contributed by atoms with E-state index in [-0.39, 0.29) is 17.6 Å². The highest BCUT2D eigenvalue weighted by atomic mass is 19.1. The molecule has 160 valence electrons. The molecule has 0 saturated carbocycles. The standard InChI is InChI=1S/C24H30FN3O2/c1-18(29)21-6-2-7-23(16-21)27-24(30)26-12-4-14-28-13-3-5-20(17-28)15-19-8-10-22(25)11-9-19/h2,6-11,16,20H,3-5,12-15,17H2,1H3,(H2,26,27,30)/t20-/m1/s1. The van der Waals surface area contributed by atoms with Crippen LogP contribution in [0.2, 0.25) is 0 Å². The number of carbonyl (C=O) groups is 2. The molecule has 6 heteroatoms. The van der Waals surface area contributed by atoms with Crippen molar-refractivity contribution in [1.29, 1.82) is 0 Å². The molecule has 0 spiro atoms. The highest BCUT2D eigenvalue weighted by molar-refractivity contribution is 5.96. The molecule has 30 heavy (non-hydrogen) atoms. The zero-order valence-electron chi connectivity index (χ0n) is 17.5. The van der Waals surface area contributed by atoms with Gasteiger partial charge in [-0.25, -0.2) is 9.18 Å². The summed E-state index contributed by atoms with van der Waals surface area (Å²) in [4.78, 5) is 26.0. The fraction of sp³-hybridized carbons (Fsp3) is 0.417. The van der Waals surface area contributed by atoms with Crippen LogP contribution in [0.3, 0.4) is 0 Å². The molecule has 0 radical (unpaired) electrons. The first-order valence-corrected chi connectivity index (χ1v) is 10.6. The van der Waals surface area contributed by atoms with E-state index in [1.54, 1.807) is 24.3 Å². The van der Waals surface area contributed by atoms with Gasteiger partial charge in [0.05, 0.1) is 0 Å². The van der Waals surface area contributed by atoms with Gasteiger partial charge in [0.15, 0.2) is 5.78 Å². The number of halogens is 1. The summed E-state index contributed by atoms with van der Waals surface area (Å²) in [7, 11) is 0. The van der Waals surface area contributed by atoms with Crippen LogP contribution in [0, 0.1) is 11.7 Å². The first-order valence-electron chi connectivity index (χ1n) is 10.6. The summed E-state index contributed by atoms with van der Waals surface area (Å²) in [5.41, 5.74) is 2.38. The number of urea groups is 1. The van der Waals surface area contributed by atoms with Gasteiger partial charge in [-0.1, -0.05) is 24.3 Å². The fourth-order valence-corrected chi connectivity index (χ4v) is 3.97. The molecule has 1 heterocycles. The lowest BCUT2D eigenvalue weighted by atomic mass is 9.91. The molecule has 1 saturated heterocycles. The molecular formula is C24H30FN3O2. The van der Waals surface area contributed by atoms with Crippen molar-refractivity contribution >= 4 is 17.5 Å². The van der Waals surface area contributed by atoms with E-state index < -0.39 is 0 Å². The van der Waals surface area contributed by atoms with Crippen molar-refractivity contribution in [2.75, 3.05) is 31.5 Å². The zero-order valence-corrected chi connectivity index (χ0v) is 17.5. The van der Waals surface area contributed by atoms with Gasteiger partial charge >= 0.3 is 6.03 Å². The molecule has 1 fully saturated rings. The Morgan fingerprint density at radius 1 is 1.17 bits per heavy atom. The average molecular weight is 412 g/mol. The number of ketones is 1. The topological polar surface area (TPSA) is 61.4 Å². The Hall–Kier alpha value is -2.73. The predicted molar refractivity (Wildman–Crippen MR) is 117 cm³/mol. The summed E-state index contributed by atoms with van der Waals surface area (Å²) >= 11 is 0. The minimum Gasteiger partial charge on any atom is -0.338 e. The van der Waals surface area contributed by atoms with Crippen molar-refractivity contribution in [2.45, 2.75) is 32.6 Å². The number of likely N-dealkylation sites (tertiary alicyclic amines) is 1. The number of Topliss-reactive ketones (excluding diaryl/α,β-unsaturated/α-hetero) is 1. The number of anilines is 1. The Labute approximate surface area is 177 Å². The van der Waals surface area contributed by atoms with E-state index in [0.29, 0.717) is 23.7 Å². The first-order chi connectivity index (χ1) is 14.5. The number of nitrogens with zero attached hydrogens (tertiary/aromatic N) is 1. The number of hydrogen-bond donors (Lipinski definition) is 2. The average Bonchev–Trinajstić information content (AvgIpc) is 2.73. The number of piperidine rings is 1. The van der Waals surface area contributed by atoms with Gasteiger partial charge in [0, 0.05) is 24.3 Å². The maximum Gasteiger partial charge on any atom is 0.319 e. The molecule has 0 bridgehead atoms. The third-order valence-electron chi connectivity index (χ3n) is 5.50. The van der Waals surface area contributed by atoms with Gasteiger partial charge in [-0.15, -0.1) is 0 Å². The summed E-state index contributed by atoms with van der Waals surface area (Å²) in [5.74, 6) is 0.374. The van der Waals surface area contributed by atoms with Gasteiger partial charge < -0.3 is 15.5 Å². The summed E-state index contributed by atoms with van der Waals surface area (Å²) in [6.07, 6.45) is 4.24. The van der Waals surface area contributed by atoms with Crippen molar-refractivity contribution in [3.8, 4) is 0 Å². The number of benzene rings is 2. The van der Waals surface area contributed by atoms with Crippen molar-refractivity contribution in [3.63, 3.8) is 0 Å². The lowest BCUT2D eigenvalue weighted by Crippen LogP contribution is -2.38. The van der Waals surface area contributed by atoms with E-state index in [1.807, 2.05) is 12.1 Å². The van der Waals surface area contributed by atoms with Crippen molar-refractivity contribution in [2.24, 2.45) is 5.92 Å². The smallest absolute Gasteiger partial charge is 0.319 e. The molecule has 0 aliphatic carbocycles. The van der Waals surface area contributed by atoms with Gasteiger partial charge in [-0.2, -0.15) is 0 Å². The molecule has 2 aromatic carbocycles. The Bertz CT molecular complexity index is 854. The number of rotatable bonds is 8. The minimum absolute atomic E-state index is 0.0293. The van der Waals surface area contributed by atoms with Crippen LogP contribution >= 0.6 is 0 Å². The molecule has 1 aliphatic rings. The molecule has 0 unspecified atom stereocenters. The van der Waals surface area contributed by atoms with E-state index in [2.05, 4.69) is 15.5 Å². The van der Waals surface area contributed by atoms with Crippen LogP contribution in [0.25, 0.3) is 0 Å². The van der Waals surface area contributed by atoms with Crippen LogP contribution < -0.4 is 10.6 Å². The molecule has 1 aliphatic heterocycles. The van der Waals surface area contributed by atoms with Crippen molar-refractivity contribution < 1.29 is 14.0 Å². The van der Waals surface area contributed by atoms with Crippen LogP contribution in [-0.4, -0.2) is 42.9 Å². The van der Waals surface area contributed by atoms with Crippen molar-refractivity contribution in [3.05, 3.63) is 65.5 Å². The van der Waals surface area contributed by atoms with E-state index in [4.69, 9.17) is 0 Å². The Balaban J connectivity index is 1.35. The molecule has 0 aromatic heterocycles. The molecule has 2 N–H and O–H groups in total. The van der Waals surface area contributed by atoms with E-state index in [0.717, 1.165) is 32.5 Å². The molecule has 5 nitrogen and oxygen atoms in total. The second kappa shape index (κ2) is 10.9. The van der Waals surface area contributed by atoms with Gasteiger partial charge in [0.2, 0.25) is 0 Å². The maximum atomic E-state index is 13.1. The minimum atomic E-state index is -0.261. The lowest BCUT2D eigenvalue weighted by Gasteiger charge is -2.32. The Morgan fingerprint density at radius 2 is 1.97 bits per heavy atom. The van der Waals surface area contributed by atoms with E-state index in [1.165, 1.54) is 37.5 Å². The first kappa shape index (κ1) is 22.0. The van der Waals surface area contributed by atoms with E-state index in [9.17, 15) is 14.0 Å². The second-order valence-corrected chi connectivity index (χ2v) is 8.01. The summed E-state index contributed by atoms with van der Waals surface area (Å²) in [6, 6.07) is 13.5. The summed E-state index contributed by atoms with van der Waals surface area (Å²) < 4.78 is 13.1. The number of hydrogen-bond acceptors (Lipinski definition) is 3. The maximum absolute atomic E-state index is 13.1. The summed E-state index contributed by atoms with van der Waals surface area (Å²) in [6.45, 7) is 5.17. The molecule has 2 aromatic rings. The highest BCUT2D eigenvalue weighted by Gasteiger charge is 2.19. The van der Waals surface area contributed by atoms with Crippen LogP contribution in [0.4, 0.5) is 14.9 Å². The SMILES string of the molecule is CC(=O)c1cccc(NC(=O)NCCCN2CCC[C@H](Cc3ccc(F)cc3)C2)c1. The predicted octanol–water partition coefficient (Wildman–Crippen LogP) is 4.49. The highest BCUT2D eigenvalue weighted by Crippen LogP contribution is 2.21. The number of carbonyl (C=O) groups excluding carboxylic acids is 2. The second-order valence-electron chi connectivity index (χ2n) is 8.01. The molecule has 3 rings (SSSR count). The summed E-state index contributed by atoms with van der Waals surface area (Å²) in [5, 5.41) is 5.65. The molecule has 1 atom stereocenters. The zero-order chi connectivity index (χ0) is 21.3. The largest absolute Gasteiger partial charge is 0.338 e. The molecule has 2 amide bonds. The lowest BCUT2D eigenvalue weighted by molar-refractivity contribution is 0.101. The van der Waals surface area contributed by atoms with Crippen LogP contribution in [0.15, 0.2) is 48.5 Å².